The number of esters is 2. The van der Waals surface area contributed by atoms with Crippen molar-refractivity contribution < 1.29 is 19.1 Å². The summed E-state index contributed by atoms with van der Waals surface area (Å²) in [6.07, 6.45) is 4.95. The number of hydrogen-bond acceptors (Lipinski definition) is 8. The molecule has 0 bridgehead atoms. The van der Waals surface area contributed by atoms with Crippen LogP contribution in [0.15, 0.2) is 6.20 Å². The number of rotatable bonds is 6. The number of hydrogen-bond donors (Lipinski definition) is 0. The van der Waals surface area contributed by atoms with Gasteiger partial charge in [-0.2, -0.15) is 4.98 Å². The molecule has 29 heavy (non-hydrogen) atoms. The molecule has 0 aliphatic carbocycles. The van der Waals surface area contributed by atoms with E-state index in [4.69, 9.17) is 14.5 Å². The lowest BCUT2D eigenvalue weighted by molar-refractivity contribution is -0.149. The zero-order valence-corrected chi connectivity index (χ0v) is 17.7. The predicted molar refractivity (Wildman–Crippen MR) is 110 cm³/mol. The van der Waals surface area contributed by atoms with E-state index >= 15 is 0 Å². The van der Waals surface area contributed by atoms with Gasteiger partial charge in [0.05, 0.1) is 25.0 Å². The third-order valence-corrected chi connectivity index (χ3v) is 5.74. The van der Waals surface area contributed by atoms with Crippen molar-refractivity contribution in [3.63, 3.8) is 0 Å². The molecule has 0 atom stereocenters. The Labute approximate surface area is 172 Å². The van der Waals surface area contributed by atoms with E-state index < -0.39 is 0 Å². The van der Waals surface area contributed by atoms with E-state index in [1.54, 1.807) is 0 Å². The van der Waals surface area contributed by atoms with Gasteiger partial charge in [-0.25, -0.2) is 4.98 Å². The average Bonchev–Trinajstić information content (AvgIpc) is 2.75. The topological polar surface area (TPSA) is 84.9 Å². The molecule has 2 aliphatic rings. The first-order valence-corrected chi connectivity index (χ1v) is 10.7. The van der Waals surface area contributed by atoms with Crippen LogP contribution in [-0.4, -0.2) is 61.3 Å². The van der Waals surface area contributed by atoms with Crippen molar-refractivity contribution in [1.82, 2.24) is 9.97 Å². The van der Waals surface area contributed by atoms with Crippen molar-refractivity contribution in [3.8, 4) is 0 Å². The maximum absolute atomic E-state index is 12.0. The molecule has 2 aliphatic heterocycles. The Hall–Kier alpha value is -2.38. The summed E-state index contributed by atoms with van der Waals surface area (Å²) < 4.78 is 10.3. The molecular formula is C21H32N4O4. The molecule has 8 nitrogen and oxygen atoms in total. The third-order valence-electron chi connectivity index (χ3n) is 5.74. The standard InChI is InChI=1S/C21H32N4O4/c1-4-28-19(26)16-6-10-24(11-7-16)18-15(3)14-22-21(23-18)25-12-8-17(9-13-25)20(27)29-5-2/h14,16-17H,4-13H2,1-3H3. The summed E-state index contributed by atoms with van der Waals surface area (Å²) in [5.74, 6) is 1.41. The number of piperidine rings is 2. The van der Waals surface area contributed by atoms with Crippen molar-refractivity contribution in [1.29, 1.82) is 0 Å². The highest BCUT2D eigenvalue weighted by Gasteiger charge is 2.29. The molecule has 0 N–H and O–H groups in total. The van der Waals surface area contributed by atoms with Crippen LogP contribution >= 0.6 is 0 Å². The lowest BCUT2D eigenvalue weighted by Gasteiger charge is -2.34. The molecule has 0 spiro atoms. The van der Waals surface area contributed by atoms with E-state index in [0.29, 0.717) is 19.2 Å². The second-order valence-corrected chi connectivity index (χ2v) is 7.70. The van der Waals surface area contributed by atoms with Crippen molar-refractivity contribution >= 4 is 23.7 Å². The number of carbonyl (C=O) groups excluding carboxylic acids is 2. The van der Waals surface area contributed by atoms with E-state index in [9.17, 15) is 9.59 Å². The first-order valence-electron chi connectivity index (χ1n) is 10.7. The van der Waals surface area contributed by atoms with Gasteiger partial charge in [-0.3, -0.25) is 9.59 Å². The van der Waals surface area contributed by atoms with Gasteiger partial charge in [0.2, 0.25) is 5.95 Å². The second kappa shape index (κ2) is 9.89. The summed E-state index contributed by atoms with van der Waals surface area (Å²) in [4.78, 5) is 37.7. The van der Waals surface area contributed by atoms with Crippen molar-refractivity contribution in [2.24, 2.45) is 11.8 Å². The third kappa shape index (κ3) is 5.16. The lowest BCUT2D eigenvalue weighted by Crippen LogP contribution is -2.39. The van der Waals surface area contributed by atoms with Crippen LogP contribution in [0.25, 0.3) is 0 Å². The first kappa shape index (κ1) is 21.3. The van der Waals surface area contributed by atoms with E-state index in [-0.39, 0.29) is 23.8 Å². The molecule has 1 aromatic rings. The fourth-order valence-electron chi connectivity index (χ4n) is 4.06. The maximum atomic E-state index is 12.0. The Kier molecular flexibility index (Phi) is 7.28. The summed E-state index contributed by atoms with van der Waals surface area (Å²) in [6.45, 7) is 9.62. The van der Waals surface area contributed by atoms with Crippen LogP contribution < -0.4 is 9.80 Å². The molecule has 0 radical (unpaired) electrons. The molecular weight excluding hydrogens is 372 g/mol. The number of aromatic nitrogens is 2. The Morgan fingerprint density at radius 1 is 0.931 bits per heavy atom. The molecule has 2 saturated heterocycles. The lowest BCUT2D eigenvalue weighted by atomic mass is 9.97. The van der Waals surface area contributed by atoms with Gasteiger partial charge in [0.1, 0.15) is 5.82 Å². The smallest absolute Gasteiger partial charge is 0.309 e. The molecule has 0 aromatic carbocycles. The molecule has 8 heteroatoms. The van der Waals surface area contributed by atoms with Gasteiger partial charge in [-0.15, -0.1) is 0 Å². The Bertz CT molecular complexity index is 711. The van der Waals surface area contributed by atoms with E-state index in [1.165, 1.54) is 0 Å². The number of nitrogens with zero attached hydrogens (tertiary/aromatic N) is 4. The van der Waals surface area contributed by atoms with Crippen molar-refractivity contribution in [2.75, 3.05) is 49.2 Å². The molecule has 160 valence electrons. The Morgan fingerprint density at radius 3 is 1.90 bits per heavy atom. The Balaban J connectivity index is 1.61. The van der Waals surface area contributed by atoms with Crippen LogP contribution in [-0.2, 0) is 19.1 Å². The largest absolute Gasteiger partial charge is 0.466 e. The molecule has 2 fully saturated rings. The van der Waals surface area contributed by atoms with E-state index in [1.807, 2.05) is 27.0 Å². The molecule has 1 aromatic heterocycles. The van der Waals surface area contributed by atoms with Gasteiger partial charge in [-0.1, -0.05) is 0 Å². The molecule has 3 heterocycles. The predicted octanol–water partition coefficient (Wildman–Crippen LogP) is 2.34. The van der Waals surface area contributed by atoms with Crippen LogP contribution in [0.3, 0.4) is 0 Å². The van der Waals surface area contributed by atoms with Crippen LogP contribution in [0.4, 0.5) is 11.8 Å². The summed E-state index contributed by atoms with van der Waals surface area (Å²) in [6, 6.07) is 0. The second-order valence-electron chi connectivity index (χ2n) is 7.70. The quantitative estimate of drug-likeness (QED) is 0.668. The molecule has 0 amide bonds. The van der Waals surface area contributed by atoms with Crippen LogP contribution in [0.1, 0.15) is 45.1 Å². The van der Waals surface area contributed by atoms with E-state index in [0.717, 1.165) is 63.2 Å². The van der Waals surface area contributed by atoms with Gasteiger partial charge in [0.15, 0.2) is 0 Å². The average molecular weight is 405 g/mol. The number of aryl methyl sites for hydroxylation is 1. The summed E-state index contributed by atoms with van der Waals surface area (Å²) in [5.41, 5.74) is 1.03. The summed E-state index contributed by atoms with van der Waals surface area (Å²) in [5, 5.41) is 0. The van der Waals surface area contributed by atoms with Gasteiger partial charge in [0.25, 0.3) is 0 Å². The van der Waals surface area contributed by atoms with Crippen LogP contribution in [0.2, 0.25) is 0 Å². The van der Waals surface area contributed by atoms with Gasteiger partial charge >= 0.3 is 11.9 Å². The fourth-order valence-corrected chi connectivity index (χ4v) is 4.06. The van der Waals surface area contributed by atoms with Gasteiger partial charge in [-0.05, 0) is 46.5 Å². The molecule has 0 saturated carbocycles. The highest BCUT2D eigenvalue weighted by Crippen LogP contribution is 2.28. The maximum Gasteiger partial charge on any atom is 0.309 e. The number of ether oxygens (including phenoxy) is 2. The van der Waals surface area contributed by atoms with E-state index in [2.05, 4.69) is 14.8 Å². The SMILES string of the molecule is CCOC(=O)C1CCN(c2ncc(C)c(N3CCC(C(=O)OCC)CC3)n2)CC1. The monoisotopic (exact) mass is 404 g/mol. The zero-order valence-electron chi connectivity index (χ0n) is 17.7. The van der Waals surface area contributed by atoms with Crippen molar-refractivity contribution in [3.05, 3.63) is 11.8 Å². The van der Waals surface area contributed by atoms with Crippen LogP contribution in [0, 0.1) is 18.8 Å². The Morgan fingerprint density at radius 2 is 1.41 bits per heavy atom. The van der Waals surface area contributed by atoms with Gasteiger partial charge < -0.3 is 19.3 Å². The first-order chi connectivity index (χ1) is 14.0. The summed E-state index contributed by atoms with van der Waals surface area (Å²) in [7, 11) is 0. The number of anilines is 2. The fraction of sp³-hybridized carbons (Fsp3) is 0.714. The van der Waals surface area contributed by atoms with Crippen LogP contribution in [0.5, 0.6) is 0 Å². The minimum Gasteiger partial charge on any atom is -0.466 e. The minimum atomic E-state index is -0.0952. The highest BCUT2D eigenvalue weighted by molar-refractivity contribution is 5.73. The van der Waals surface area contributed by atoms with Crippen molar-refractivity contribution in [2.45, 2.75) is 46.5 Å². The zero-order chi connectivity index (χ0) is 20.8. The van der Waals surface area contributed by atoms with Gasteiger partial charge in [0, 0.05) is 37.9 Å². The molecule has 3 rings (SSSR count). The number of carbonyl (C=O) groups is 2. The normalized spacial score (nSPS) is 18.6. The highest BCUT2D eigenvalue weighted by atomic mass is 16.5. The molecule has 0 unspecified atom stereocenters. The minimum absolute atomic E-state index is 0.0188. The summed E-state index contributed by atoms with van der Waals surface area (Å²) >= 11 is 0.